The number of hydrogen-bond acceptors (Lipinski definition) is 8. The van der Waals surface area contributed by atoms with Crippen molar-refractivity contribution in [2.45, 2.75) is 45.3 Å². The molecule has 0 saturated carbocycles. The molecule has 1 unspecified atom stereocenters. The maximum atomic E-state index is 12.4. The molecule has 2 heterocycles. The first-order valence-corrected chi connectivity index (χ1v) is 10.1. The Hall–Kier alpha value is -1.32. The van der Waals surface area contributed by atoms with Gasteiger partial charge in [-0.05, 0) is 0 Å². The van der Waals surface area contributed by atoms with Gasteiger partial charge in [-0.3, -0.25) is 4.79 Å². The van der Waals surface area contributed by atoms with Gasteiger partial charge in [0.2, 0.25) is 0 Å². The molecule has 2 saturated heterocycles. The minimum absolute atomic E-state index is 0.0119. The summed E-state index contributed by atoms with van der Waals surface area (Å²) in [5.41, 5.74) is -0.664. The van der Waals surface area contributed by atoms with Gasteiger partial charge in [0.05, 0.1) is 0 Å². The van der Waals surface area contributed by atoms with E-state index >= 15 is 0 Å². The van der Waals surface area contributed by atoms with E-state index in [-0.39, 0.29) is 38.1 Å². The first kappa shape index (κ1) is 21.0. The SMILES string of the molecule is CO[PH]1(O)OCC(C)(C)[C@H](C(=O)NCCC(=O)OCC2CCC(=O)N2)O1. The van der Waals surface area contributed by atoms with Gasteiger partial charge in [0.1, 0.15) is 0 Å². The molecule has 150 valence electrons. The van der Waals surface area contributed by atoms with E-state index in [0.717, 1.165) is 0 Å². The van der Waals surface area contributed by atoms with Crippen molar-refractivity contribution >= 4 is 26.0 Å². The van der Waals surface area contributed by atoms with Gasteiger partial charge < -0.3 is 0 Å². The van der Waals surface area contributed by atoms with Gasteiger partial charge >= 0.3 is 147 Å². The predicted molar refractivity (Wildman–Crippen MR) is 91.9 cm³/mol. The fourth-order valence-electron chi connectivity index (χ4n) is 2.66. The molecule has 2 aliphatic rings. The van der Waals surface area contributed by atoms with E-state index in [1.165, 1.54) is 7.11 Å². The molecule has 0 bridgehead atoms. The van der Waals surface area contributed by atoms with Crippen LogP contribution < -0.4 is 10.6 Å². The maximum absolute atomic E-state index is 12.4. The minimum atomic E-state index is -3.81. The molecule has 0 aromatic carbocycles. The van der Waals surface area contributed by atoms with Crippen LogP contribution in [0.15, 0.2) is 0 Å². The van der Waals surface area contributed by atoms with Crippen molar-refractivity contribution < 1.29 is 37.6 Å². The third-order valence-corrected chi connectivity index (χ3v) is 5.82. The van der Waals surface area contributed by atoms with Crippen molar-refractivity contribution in [2.75, 3.05) is 26.9 Å². The van der Waals surface area contributed by atoms with Gasteiger partial charge in [-0.1, -0.05) is 0 Å². The van der Waals surface area contributed by atoms with Crippen molar-refractivity contribution in [3.8, 4) is 0 Å². The Labute approximate surface area is 152 Å². The zero-order valence-corrected chi connectivity index (χ0v) is 16.2. The Morgan fingerprint density at radius 1 is 1.46 bits per heavy atom. The van der Waals surface area contributed by atoms with Crippen molar-refractivity contribution in [2.24, 2.45) is 5.41 Å². The van der Waals surface area contributed by atoms with Crippen LogP contribution in [0.2, 0.25) is 0 Å². The first-order valence-electron chi connectivity index (χ1n) is 8.47. The predicted octanol–water partition coefficient (Wildman–Crippen LogP) is -0.195. The Morgan fingerprint density at radius 3 is 2.81 bits per heavy atom. The number of nitrogens with one attached hydrogen (secondary N) is 2. The second-order valence-electron chi connectivity index (χ2n) is 7.03. The summed E-state index contributed by atoms with van der Waals surface area (Å²) in [5, 5.41) is 5.30. The summed E-state index contributed by atoms with van der Waals surface area (Å²) in [5.74, 6) is -0.976. The van der Waals surface area contributed by atoms with Gasteiger partial charge in [0.15, 0.2) is 0 Å². The topological polar surface area (TPSA) is 132 Å². The fourth-order valence-corrected chi connectivity index (χ4v) is 4.22. The summed E-state index contributed by atoms with van der Waals surface area (Å²) in [4.78, 5) is 45.2. The summed E-state index contributed by atoms with van der Waals surface area (Å²) in [6.07, 6.45) is 0.112. The molecule has 2 atom stereocenters. The normalized spacial score (nSPS) is 28.1. The number of rotatable bonds is 7. The fraction of sp³-hybridized carbons (Fsp3) is 0.800. The molecule has 26 heavy (non-hydrogen) atoms. The number of ether oxygens (including phenoxy) is 1. The second kappa shape index (κ2) is 8.58. The van der Waals surface area contributed by atoms with Crippen LogP contribution in [0.1, 0.15) is 33.1 Å². The van der Waals surface area contributed by atoms with E-state index in [4.69, 9.17) is 18.3 Å². The van der Waals surface area contributed by atoms with E-state index in [2.05, 4.69) is 10.6 Å². The van der Waals surface area contributed by atoms with E-state index in [0.29, 0.717) is 12.8 Å². The van der Waals surface area contributed by atoms with Gasteiger partial charge in [-0.15, -0.1) is 0 Å². The van der Waals surface area contributed by atoms with Crippen LogP contribution in [-0.4, -0.2) is 61.7 Å². The molecule has 2 fully saturated rings. The van der Waals surface area contributed by atoms with Crippen LogP contribution in [0.25, 0.3) is 0 Å². The van der Waals surface area contributed by atoms with Gasteiger partial charge in [0.25, 0.3) is 0 Å². The quantitative estimate of drug-likeness (QED) is 0.400. The summed E-state index contributed by atoms with van der Waals surface area (Å²) in [6.45, 7) is 3.84. The molecule has 0 aromatic rings. The average molecular weight is 394 g/mol. The number of esters is 1. The average Bonchev–Trinajstić information content (AvgIpc) is 3.01. The summed E-state index contributed by atoms with van der Waals surface area (Å²) >= 11 is 0. The van der Waals surface area contributed by atoms with Gasteiger partial charge in [0, 0.05) is 0 Å². The molecular weight excluding hydrogens is 367 g/mol. The second-order valence-corrected chi connectivity index (χ2v) is 9.01. The van der Waals surface area contributed by atoms with Crippen LogP contribution in [0.5, 0.6) is 0 Å². The van der Waals surface area contributed by atoms with Gasteiger partial charge in [-0.25, -0.2) is 0 Å². The molecule has 3 N–H and O–H groups in total. The number of carbonyl (C=O) groups excluding carboxylic acids is 3. The number of amides is 2. The molecule has 2 rings (SSSR count). The molecule has 0 aromatic heterocycles. The van der Waals surface area contributed by atoms with Crippen molar-refractivity contribution in [3.05, 3.63) is 0 Å². The molecular formula is C15H27N2O8P. The van der Waals surface area contributed by atoms with Crippen molar-refractivity contribution in [3.63, 3.8) is 0 Å². The Bertz CT molecular complexity index is 558. The zero-order valence-electron chi connectivity index (χ0n) is 15.2. The Morgan fingerprint density at radius 2 is 2.19 bits per heavy atom. The third-order valence-electron chi connectivity index (χ3n) is 4.26. The molecule has 0 spiro atoms. The summed E-state index contributed by atoms with van der Waals surface area (Å²) < 4.78 is 20.5. The number of carbonyl (C=O) groups is 3. The van der Waals surface area contributed by atoms with Crippen LogP contribution in [-0.2, 0) is 32.7 Å². The van der Waals surface area contributed by atoms with E-state index < -0.39 is 31.6 Å². The van der Waals surface area contributed by atoms with Crippen molar-refractivity contribution in [1.82, 2.24) is 10.6 Å². The Balaban J connectivity index is 1.73. The molecule has 0 radical (unpaired) electrons. The molecule has 10 nitrogen and oxygen atoms in total. The monoisotopic (exact) mass is 394 g/mol. The molecule has 2 amide bonds. The zero-order chi connectivity index (χ0) is 19.4. The van der Waals surface area contributed by atoms with Crippen LogP contribution in [0.4, 0.5) is 0 Å². The molecule has 11 heteroatoms. The van der Waals surface area contributed by atoms with Crippen LogP contribution >= 0.6 is 8.17 Å². The van der Waals surface area contributed by atoms with E-state index in [9.17, 15) is 19.3 Å². The number of hydrogen-bond donors (Lipinski definition) is 3. The standard InChI is InChI=1S/C15H27N2O8P/c1-15(2)9-24-26(21,22-3)25-13(15)14(20)16-7-6-12(19)23-8-10-4-5-11(18)17-10/h10,13,21,26H,4-9H2,1-3H3,(H,16,20)(H,17,18)/t10?,13-/m0/s1. The Kier molecular flexibility index (Phi) is 6.92. The van der Waals surface area contributed by atoms with Crippen LogP contribution in [0, 0.1) is 5.41 Å². The van der Waals surface area contributed by atoms with Gasteiger partial charge in [-0.2, -0.15) is 0 Å². The van der Waals surface area contributed by atoms with E-state index in [1.807, 2.05) is 0 Å². The molecule has 0 aliphatic carbocycles. The van der Waals surface area contributed by atoms with Crippen LogP contribution in [0.3, 0.4) is 0 Å². The van der Waals surface area contributed by atoms with E-state index in [1.54, 1.807) is 13.8 Å². The first-order chi connectivity index (χ1) is 12.1. The summed E-state index contributed by atoms with van der Waals surface area (Å²) in [7, 11) is -2.55. The molecule has 2 aliphatic heterocycles. The third kappa shape index (κ3) is 5.59. The van der Waals surface area contributed by atoms with Crippen molar-refractivity contribution in [1.29, 1.82) is 0 Å². The summed E-state index contributed by atoms with van der Waals surface area (Å²) in [6, 6.07) is -0.144.